The minimum absolute atomic E-state index is 0.743. The van der Waals surface area contributed by atoms with Crippen molar-refractivity contribution in [2.45, 2.75) is 0 Å². The smallest absolute Gasteiger partial charge is 0.142 e. The Morgan fingerprint density at radius 2 is 1.41 bits per heavy atom. The number of rotatable bonds is 6. The molecule has 0 bridgehead atoms. The summed E-state index contributed by atoms with van der Waals surface area (Å²) >= 11 is 0. The Morgan fingerprint density at radius 1 is 0.824 bits per heavy atom. The van der Waals surface area contributed by atoms with Crippen molar-refractivity contribution >= 4 is 12.4 Å². The van der Waals surface area contributed by atoms with Gasteiger partial charge in [-0.1, -0.05) is 48.6 Å². The van der Waals surface area contributed by atoms with Crippen LogP contribution in [0.15, 0.2) is 77.5 Å². The van der Waals surface area contributed by atoms with E-state index in [1.807, 2.05) is 54.7 Å². The quantitative estimate of drug-likeness (QED) is 0.420. The van der Waals surface area contributed by atoms with Gasteiger partial charge in [0.1, 0.15) is 12.0 Å². The molecule has 0 aromatic carbocycles. The van der Waals surface area contributed by atoms with Gasteiger partial charge in [-0.25, -0.2) is 0 Å². The lowest BCUT2D eigenvalue weighted by Gasteiger charge is -1.79. The van der Waals surface area contributed by atoms with Gasteiger partial charge >= 0.3 is 0 Å². The average Bonchev–Trinajstić information content (AvgIpc) is 2.85. The molecule has 17 heavy (non-hydrogen) atoms. The summed E-state index contributed by atoms with van der Waals surface area (Å²) in [4.78, 5) is 9.94. The van der Waals surface area contributed by atoms with Crippen LogP contribution in [0.2, 0.25) is 0 Å². The molecule has 0 atom stereocenters. The third kappa shape index (κ3) is 6.68. The van der Waals surface area contributed by atoms with Crippen LogP contribution < -0.4 is 0 Å². The first-order valence-corrected chi connectivity index (χ1v) is 5.25. The lowest BCUT2D eigenvalue weighted by Crippen LogP contribution is -1.58. The first kappa shape index (κ1) is 12.7. The number of aldehydes is 1. The topological polar surface area (TPSA) is 30.2 Å². The Bertz CT molecular complexity index is 443. The SMILES string of the molecule is O=C\C=C/C=C\C=C/C=C\C=C/c1ccco1. The molecule has 1 aromatic rings. The molecule has 2 nitrogen and oxygen atoms in total. The monoisotopic (exact) mass is 226 g/mol. The van der Waals surface area contributed by atoms with E-state index in [0.717, 1.165) is 12.0 Å². The highest BCUT2D eigenvalue weighted by molar-refractivity contribution is 5.65. The van der Waals surface area contributed by atoms with Crippen molar-refractivity contribution in [1.82, 2.24) is 0 Å². The second-order valence-electron chi connectivity index (χ2n) is 3.05. The first-order valence-electron chi connectivity index (χ1n) is 5.25. The zero-order chi connectivity index (χ0) is 12.2. The van der Waals surface area contributed by atoms with Crippen LogP contribution in [0.5, 0.6) is 0 Å². The maximum absolute atomic E-state index is 9.94. The maximum Gasteiger partial charge on any atom is 0.142 e. The molecule has 0 N–H and O–H groups in total. The van der Waals surface area contributed by atoms with Crippen LogP contribution in [0.1, 0.15) is 5.76 Å². The molecule has 1 heterocycles. The summed E-state index contributed by atoms with van der Waals surface area (Å²) in [5, 5.41) is 0. The number of carbonyl (C=O) groups excluding carboxylic acids is 1. The van der Waals surface area contributed by atoms with Gasteiger partial charge in [0, 0.05) is 0 Å². The molecule has 0 aliphatic rings. The van der Waals surface area contributed by atoms with Crippen molar-refractivity contribution in [2.75, 3.05) is 0 Å². The standard InChI is InChI=1S/C15H14O2/c16-13-9-7-5-3-1-2-4-6-8-11-15-12-10-14-17-15/h1-14H/b2-1-,5-3-,6-4-,9-7-,11-8-. The van der Waals surface area contributed by atoms with Crippen LogP contribution in [0.25, 0.3) is 6.08 Å². The van der Waals surface area contributed by atoms with Gasteiger partial charge in [-0.05, 0) is 24.3 Å². The molecule has 0 saturated carbocycles. The van der Waals surface area contributed by atoms with Crippen LogP contribution in [-0.4, -0.2) is 6.29 Å². The normalized spacial score (nSPS) is 12.9. The minimum Gasteiger partial charge on any atom is -0.465 e. The molecule has 0 amide bonds. The van der Waals surface area contributed by atoms with Gasteiger partial charge in [0.25, 0.3) is 0 Å². The molecule has 0 aliphatic heterocycles. The van der Waals surface area contributed by atoms with Crippen molar-refractivity contribution in [3.05, 3.63) is 78.8 Å². The van der Waals surface area contributed by atoms with Crippen molar-refractivity contribution < 1.29 is 9.21 Å². The Balaban J connectivity index is 2.26. The molecule has 0 radical (unpaired) electrons. The Hall–Kier alpha value is -2.35. The minimum atomic E-state index is 0.743. The molecule has 0 aliphatic carbocycles. The van der Waals surface area contributed by atoms with E-state index in [0.29, 0.717) is 0 Å². The molecule has 1 aromatic heterocycles. The lowest BCUT2D eigenvalue weighted by atomic mass is 10.3. The van der Waals surface area contributed by atoms with E-state index in [4.69, 9.17) is 4.42 Å². The Kier molecular flexibility index (Phi) is 6.67. The summed E-state index contributed by atoms with van der Waals surface area (Å²) in [5.74, 6) is 0.831. The molecule has 0 spiro atoms. The van der Waals surface area contributed by atoms with Gasteiger partial charge in [-0.3, -0.25) is 4.79 Å². The number of hydrogen-bond acceptors (Lipinski definition) is 2. The fourth-order valence-electron chi connectivity index (χ4n) is 1.03. The van der Waals surface area contributed by atoms with E-state index in [1.54, 1.807) is 18.4 Å². The highest BCUT2D eigenvalue weighted by Crippen LogP contribution is 2.01. The van der Waals surface area contributed by atoms with Crippen LogP contribution in [0.4, 0.5) is 0 Å². The Labute approximate surface area is 101 Å². The van der Waals surface area contributed by atoms with Crippen molar-refractivity contribution in [3.63, 3.8) is 0 Å². The fraction of sp³-hybridized carbons (Fsp3) is 0. The van der Waals surface area contributed by atoms with Crippen LogP contribution >= 0.6 is 0 Å². The van der Waals surface area contributed by atoms with Gasteiger partial charge in [0.15, 0.2) is 0 Å². The summed E-state index contributed by atoms with van der Waals surface area (Å²) < 4.78 is 5.13. The summed E-state index contributed by atoms with van der Waals surface area (Å²) in [6.45, 7) is 0. The van der Waals surface area contributed by atoms with E-state index >= 15 is 0 Å². The van der Waals surface area contributed by atoms with Crippen molar-refractivity contribution in [3.8, 4) is 0 Å². The van der Waals surface area contributed by atoms with E-state index in [2.05, 4.69) is 0 Å². The zero-order valence-corrected chi connectivity index (χ0v) is 9.40. The second-order valence-corrected chi connectivity index (χ2v) is 3.05. The first-order chi connectivity index (χ1) is 8.43. The summed E-state index contributed by atoms with van der Waals surface area (Å²) in [6, 6.07) is 3.74. The Morgan fingerprint density at radius 3 is 1.94 bits per heavy atom. The van der Waals surface area contributed by atoms with Gasteiger partial charge in [0.2, 0.25) is 0 Å². The summed E-state index contributed by atoms with van der Waals surface area (Å²) in [5.41, 5.74) is 0. The van der Waals surface area contributed by atoms with Gasteiger partial charge in [-0.2, -0.15) is 0 Å². The van der Waals surface area contributed by atoms with E-state index in [9.17, 15) is 4.79 Å². The van der Waals surface area contributed by atoms with E-state index in [1.165, 1.54) is 6.08 Å². The predicted molar refractivity (Wildman–Crippen MR) is 70.4 cm³/mol. The predicted octanol–water partition coefficient (Wildman–Crippen LogP) is 3.72. The molecular formula is C15H14O2. The largest absolute Gasteiger partial charge is 0.465 e. The van der Waals surface area contributed by atoms with Crippen LogP contribution in [0.3, 0.4) is 0 Å². The number of allylic oxidation sites excluding steroid dienone is 9. The van der Waals surface area contributed by atoms with Crippen molar-refractivity contribution in [2.24, 2.45) is 0 Å². The molecule has 0 unspecified atom stereocenters. The maximum atomic E-state index is 9.94. The third-order valence-electron chi connectivity index (χ3n) is 1.77. The zero-order valence-electron chi connectivity index (χ0n) is 9.40. The van der Waals surface area contributed by atoms with Crippen LogP contribution in [0, 0.1) is 0 Å². The van der Waals surface area contributed by atoms with Gasteiger partial charge in [-0.15, -0.1) is 0 Å². The van der Waals surface area contributed by atoms with Crippen LogP contribution in [-0.2, 0) is 4.79 Å². The molecule has 86 valence electrons. The highest BCUT2D eigenvalue weighted by Gasteiger charge is 1.83. The molecule has 1 rings (SSSR count). The lowest BCUT2D eigenvalue weighted by molar-refractivity contribution is -0.104. The van der Waals surface area contributed by atoms with E-state index in [-0.39, 0.29) is 0 Å². The molecule has 2 heteroatoms. The van der Waals surface area contributed by atoms with Crippen molar-refractivity contribution in [1.29, 1.82) is 0 Å². The average molecular weight is 226 g/mol. The number of carbonyl (C=O) groups is 1. The van der Waals surface area contributed by atoms with Gasteiger partial charge in [0.05, 0.1) is 6.26 Å². The summed E-state index contributed by atoms with van der Waals surface area (Å²) in [6.07, 6.45) is 20.5. The summed E-state index contributed by atoms with van der Waals surface area (Å²) in [7, 11) is 0. The van der Waals surface area contributed by atoms with E-state index < -0.39 is 0 Å². The molecule has 0 fully saturated rings. The van der Waals surface area contributed by atoms with Gasteiger partial charge < -0.3 is 4.42 Å². The number of furan rings is 1. The molecule has 0 saturated heterocycles. The highest BCUT2D eigenvalue weighted by atomic mass is 16.3. The fourth-order valence-corrected chi connectivity index (χ4v) is 1.03. The second kappa shape index (κ2) is 8.92. The third-order valence-corrected chi connectivity index (χ3v) is 1.77. The number of hydrogen-bond donors (Lipinski definition) is 0. The molecular weight excluding hydrogens is 212 g/mol.